The number of ether oxygens (including phenoxy) is 7. The quantitative estimate of drug-likeness (QED) is 0.144. The van der Waals surface area contributed by atoms with E-state index in [1.807, 2.05) is 32.0 Å². The number of benzene rings is 1. The first-order valence-corrected chi connectivity index (χ1v) is 18.6. The van der Waals surface area contributed by atoms with Crippen LogP contribution in [0.3, 0.4) is 0 Å². The van der Waals surface area contributed by atoms with Gasteiger partial charge < -0.3 is 49.1 Å². The van der Waals surface area contributed by atoms with E-state index >= 15 is 0 Å². The van der Waals surface area contributed by atoms with E-state index in [4.69, 9.17) is 38.9 Å². The largest absolute Gasteiger partial charge is 0.493 e. The van der Waals surface area contributed by atoms with Crippen molar-refractivity contribution in [3.63, 3.8) is 0 Å². The molecule has 1 aromatic carbocycles. The lowest BCUT2D eigenvalue weighted by atomic mass is 9.80. The number of hydrogen-bond acceptors (Lipinski definition) is 11. The summed E-state index contributed by atoms with van der Waals surface area (Å²) in [5, 5.41) is 2.91. The fraction of sp³-hybridized carbons (Fsp3) is 0.737. The van der Waals surface area contributed by atoms with Gasteiger partial charge in [-0.15, -0.1) is 0 Å². The fourth-order valence-electron chi connectivity index (χ4n) is 6.34. The molecular formula is C38H62N4O11. The van der Waals surface area contributed by atoms with E-state index in [0.29, 0.717) is 70.3 Å². The number of carbonyl (C=O) groups is 4. The first kappa shape index (κ1) is 43.6. The van der Waals surface area contributed by atoms with Gasteiger partial charge in [0.15, 0.2) is 11.5 Å². The maximum Gasteiger partial charge on any atom is 0.414 e. The zero-order valence-electron chi connectivity index (χ0n) is 32.9. The molecule has 15 nitrogen and oxygen atoms in total. The summed E-state index contributed by atoms with van der Waals surface area (Å²) in [5.41, 5.74) is 5.67. The molecule has 4 atom stereocenters. The number of hydrogen-bond donors (Lipinski definition) is 2. The van der Waals surface area contributed by atoms with Gasteiger partial charge >= 0.3 is 12.2 Å². The third-order valence-electron chi connectivity index (χ3n) is 10.1. The third-order valence-corrected chi connectivity index (χ3v) is 10.1. The third kappa shape index (κ3) is 13.2. The van der Waals surface area contributed by atoms with E-state index in [0.717, 1.165) is 12.0 Å². The van der Waals surface area contributed by atoms with Crippen molar-refractivity contribution >= 4 is 24.0 Å². The van der Waals surface area contributed by atoms with Gasteiger partial charge in [0.1, 0.15) is 6.73 Å². The van der Waals surface area contributed by atoms with E-state index in [1.165, 1.54) is 9.80 Å². The summed E-state index contributed by atoms with van der Waals surface area (Å²) in [6, 6.07) is 5.45. The number of nitrogens with zero attached hydrogens (tertiary/aromatic N) is 2. The molecule has 0 spiro atoms. The maximum absolute atomic E-state index is 13.6. The van der Waals surface area contributed by atoms with Gasteiger partial charge in [-0.1, -0.05) is 33.8 Å². The number of rotatable bonds is 20. The maximum atomic E-state index is 13.6. The topological polar surface area (TPSA) is 177 Å². The molecule has 3 rings (SSSR count). The molecule has 0 saturated carbocycles. The molecule has 0 bridgehead atoms. The molecule has 2 saturated heterocycles. The number of methoxy groups -OCH3 is 2. The van der Waals surface area contributed by atoms with Crippen molar-refractivity contribution in [3.05, 3.63) is 23.8 Å². The number of carbonyl (C=O) groups excluding carboxylic acids is 4. The van der Waals surface area contributed by atoms with Crippen molar-refractivity contribution in [2.75, 3.05) is 73.8 Å². The minimum absolute atomic E-state index is 0.0560. The molecule has 300 valence electrons. The van der Waals surface area contributed by atoms with Crippen molar-refractivity contribution < 1.29 is 52.3 Å². The summed E-state index contributed by atoms with van der Waals surface area (Å²) in [4.78, 5) is 54.6. The molecule has 15 heteroatoms. The zero-order chi connectivity index (χ0) is 39.1. The van der Waals surface area contributed by atoms with Crippen LogP contribution in [-0.4, -0.2) is 120 Å². The monoisotopic (exact) mass is 750 g/mol. The number of amides is 4. The highest BCUT2D eigenvalue weighted by atomic mass is 16.7. The average Bonchev–Trinajstić information content (AvgIpc) is 3.53. The normalized spacial score (nSPS) is 18.8. The highest BCUT2D eigenvalue weighted by Gasteiger charge is 2.43. The van der Waals surface area contributed by atoms with Crippen LogP contribution in [0.4, 0.5) is 9.59 Å². The van der Waals surface area contributed by atoms with Crippen molar-refractivity contribution in [2.45, 2.75) is 79.4 Å². The molecule has 4 amide bonds. The van der Waals surface area contributed by atoms with Crippen molar-refractivity contribution in [1.82, 2.24) is 15.1 Å². The van der Waals surface area contributed by atoms with Crippen LogP contribution in [0.25, 0.3) is 0 Å². The minimum Gasteiger partial charge on any atom is -0.493 e. The van der Waals surface area contributed by atoms with Crippen LogP contribution >= 0.6 is 0 Å². The van der Waals surface area contributed by atoms with Crippen LogP contribution in [0.15, 0.2) is 18.2 Å². The van der Waals surface area contributed by atoms with Gasteiger partial charge in [-0.2, -0.15) is 0 Å². The fourth-order valence-corrected chi connectivity index (χ4v) is 6.34. The predicted octanol–water partition coefficient (Wildman–Crippen LogP) is 4.20. The van der Waals surface area contributed by atoms with Crippen LogP contribution in [0.1, 0.15) is 66.4 Å². The Hall–Kier alpha value is -3.82. The Bertz CT molecular complexity index is 1330. The molecule has 1 aromatic rings. The first-order chi connectivity index (χ1) is 25.2. The van der Waals surface area contributed by atoms with Crippen LogP contribution in [0, 0.1) is 29.1 Å². The molecular weight excluding hydrogens is 688 g/mol. The highest BCUT2D eigenvalue weighted by Crippen LogP contribution is 2.36. The summed E-state index contributed by atoms with van der Waals surface area (Å²) in [7, 11) is 3.26. The second-order valence-corrected chi connectivity index (χ2v) is 15.1. The van der Waals surface area contributed by atoms with Crippen LogP contribution in [0.2, 0.25) is 0 Å². The summed E-state index contributed by atoms with van der Waals surface area (Å²) < 4.78 is 39.0. The van der Waals surface area contributed by atoms with Crippen LogP contribution < -0.4 is 20.5 Å². The number of morpholine rings is 1. The van der Waals surface area contributed by atoms with Gasteiger partial charge in [0.2, 0.25) is 18.6 Å². The molecule has 0 aliphatic carbocycles. The highest BCUT2D eigenvalue weighted by molar-refractivity contribution is 5.83. The Morgan fingerprint density at radius 2 is 1.66 bits per heavy atom. The molecule has 0 aromatic heterocycles. The van der Waals surface area contributed by atoms with E-state index in [-0.39, 0.29) is 36.9 Å². The average molecular weight is 751 g/mol. The smallest absolute Gasteiger partial charge is 0.414 e. The lowest BCUT2D eigenvalue weighted by molar-refractivity contribution is -0.130. The van der Waals surface area contributed by atoms with Gasteiger partial charge in [0, 0.05) is 45.7 Å². The van der Waals surface area contributed by atoms with Crippen LogP contribution in [0.5, 0.6) is 11.5 Å². The van der Waals surface area contributed by atoms with Gasteiger partial charge in [-0.3, -0.25) is 14.5 Å². The minimum atomic E-state index is -0.920. The second kappa shape index (κ2) is 21.2. The molecule has 2 fully saturated rings. The number of nitrogens with two attached hydrogens (primary N) is 1. The van der Waals surface area contributed by atoms with Gasteiger partial charge in [-0.25, -0.2) is 9.59 Å². The summed E-state index contributed by atoms with van der Waals surface area (Å²) in [6.45, 7) is 13.7. The Labute approximate surface area is 314 Å². The Balaban J connectivity index is 1.82. The molecule has 2 aliphatic heterocycles. The van der Waals surface area contributed by atoms with E-state index < -0.39 is 48.4 Å². The summed E-state index contributed by atoms with van der Waals surface area (Å²) >= 11 is 0. The Morgan fingerprint density at radius 3 is 2.28 bits per heavy atom. The Morgan fingerprint density at radius 1 is 0.962 bits per heavy atom. The Kier molecular flexibility index (Phi) is 17.4. The number of primary amides is 1. The van der Waals surface area contributed by atoms with Crippen molar-refractivity contribution in [3.8, 4) is 11.5 Å². The number of nitrogens with one attached hydrogen (secondary N) is 1. The molecule has 3 N–H and O–H groups in total. The summed E-state index contributed by atoms with van der Waals surface area (Å²) in [5.74, 6) is 0.291. The molecule has 53 heavy (non-hydrogen) atoms. The molecule has 0 radical (unpaired) electrons. The predicted molar refractivity (Wildman–Crippen MR) is 196 cm³/mol. The van der Waals surface area contributed by atoms with Crippen molar-refractivity contribution in [2.24, 2.45) is 34.8 Å². The standard InChI is InChI=1S/C38H62N4O11/c1-25(2)28(18-27-10-11-31(48-8)33(19-27)50-15-9-14-47-7)20-30-32(21-29(26(3)4)34(43)40-22-38(5,6)35(39)44)51-23-42(30)37(46)53-24-52-36(45)41-12-16-49-17-13-41/h10-11,19,25-26,28-30,32H,9,12-18,20-24H2,1-8H3,(H2,39,44)(H,40,43)/t28-,29+,30+,32+/m1/s1. The van der Waals surface area contributed by atoms with Gasteiger partial charge in [0.25, 0.3) is 0 Å². The van der Waals surface area contributed by atoms with Crippen molar-refractivity contribution in [1.29, 1.82) is 0 Å². The molecule has 2 heterocycles. The zero-order valence-corrected chi connectivity index (χ0v) is 32.9. The van der Waals surface area contributed by atoms with Gasteiger partial charge in [0.05, 0.1) is 44.5 Å². The lowest BCUT2D eigenvalue weighted by Crippen LogP contribution is -2.47. The molecule has 2 aliphatic rings. The first-order valence-electron chi connectivity index (χ1n) is 18.6. The summed E-state index contributed by atoms with van der Waals surface area (Å²) in [6.07, 6.45) is 0.515. The van der Waals surface area contributed by atoms with Crippen LogP contribution in [-0.2, 0) is 39.7 Å². The molecule has 0 unspecified atom stereocenters. The van der Waals surface area contributed by atoms with E-state index in [9.17, 15) is 19.2 Å². The second-order valence-electron chi connectivity index (χ2n) is 15.1. The van der Waals surface area contributed by atoms with Gasteiger partial charge in [-0.05, 0) is 68.6 Å². The van der Waals surface area contributed by atoms with E-state index in [1.54, 1.807) is 28.1 Å². The van der Waals surface area contributed by atoms with E-state index in [2.05, 4.69) is 19.2 Å². The SMILES string of the molecule is COCCCOc1cc(C[C@H](C[C@H]2[C@H](C[C@H](C(=O)NCC(C)(C)C(N)=O)C(C)C)OCN2C(=O)OCOC(=O)N2CCOCC2)C(C)C)ccc1OC. The lowest BCUT2D eigenvalue weighted by Gasteiger charge is -2.33.